The summed E-state index contributed by atoms with van der Waals surface area (Å²) in [6.45, 7) is 0. The number of rotatable bonds is 10. The fraction of sp³-hybridized carbons (Fsp3) is 0.280. The van der Waals surface area contributed by atoms with Crippen LogP contribution in [0.2, 0.25) is 0 Å². The fourth-order valence-electron chi connectivity index (χ4n) is 4.17. The van der Waals surface area contributed by atoms with Gasteiger partial charge in [0.05, 0.1) is 0 Å². The van der Waals surface area contributed by atoms with E-state index in [0.717, 1.165) is 29.7 Å². The lowest BCUT2D eigenvalue weighted by atomic mass is 10.0. The second kappa shape index (κ2) is 12.1. The molecular formula is C25H24N6O5S3. The molecule has 4 N–H and O–H groups in total. The first-order chi connectivity index (χ1) is 18.9. The van der Waals surface area contributed by atoms with E-state index in [9.17, 15) is 19.5 Å². The number of aliphatic carboxylic acids is 1. The monoisotopic (exact) mass is 584 g/mol. The summed E-state index contributed by atoms with van der Waals surface area (Å²) in [5.41, 5.74) is 7.43. The van der Waals surface area contributed by atoms with E-state index in [1.165, 1.54) is 28.4 Å². The zero-order chi connectivity index (χ0) is 27.4. The maximum atomic E-state index is 13.2. The number of hydrogen-bond donors (Lipinski definition) is 3. The van der Waals surface area contributed by atoms with Gasteiger partial charge >= 0.3 is 5.97 Å². The fourth-order valence-corrected chi connectivity index (χ4v) is 6.98. The van der Waals surface area contributed by atoms with Crippen molar-refractivity contribution in [1.29, 1.82) is 0 Å². The summed E-state index contributed by atoms with van der Waals surface area (Å²) in [7, 11) is 0. The van der Waals surface area contributed by atoms with Crippen molar-refractivity contribution in [3.05, 3.63) is 70.0 Å². The normalized spacial score (nSPS) is 22.7. The Hall–Kier alpha value is -3.62. The molecule has 3 atom stereocenters. The molecule has 1 aliphatic carbocycles. The molecule has 2 aromatic rings. The number of fused-ring (bicyclic) bond motifs is 1. The molecule has 2 aromatic heterocycles. The van der Waals surface area contributed by atoms with E-state index < -0.39 is 29.2 Å². The van der Waals surface area contributed by atoms with Crippen LogP contribution >= 0.6 is 34.9 Å². The number of anilines is 1. The minimum absolute atomic E-state index is 0.0333. The summed E-state index contributed by atoms with van der Waals surface area (Å²) < 4.78 is 0. The Morgan fingerprint density at radius 3 is 2.97 bits per heavy atom. The number of nitrogens with zero attached hydrogens (tertiary/aromatic N) is 4. The number of carboxylic acid groups (broad SMARTS) is 1. The van der Waals surface area contributed by atoms with Crippen LogP contribution < -0.4 is 11.1 Å². The summed E-state index contributed by atoms with van der Waals surface area (Å²) >= 11 is 3.99. The van der Waals surface area contributed by atoms with Crippen LogP contribution in [0.3, 0.4) is 0 Å². The van der Waals surface area contributed by atoms with Crippen molar-refractivity contribution < 1.29 is 24.3 Å². The molecule has 39 heavy (non-hydrogen) atoms. The molecule has 2 aliphatic heterocycles. The number of oxime groups is 1. The van der Waals surface area contributed by atoms with Gasteiger partial charge in [-0.15, -0.1) is 34.9 Å². The zero-order valence-corrected chi connectivity index (χ0v) is 22.9. The molecule has 14 heteroatoms. The summed E-state index contributed by atoms with van der Waals surface area (Å²) in [6.07, 6.45) is 10.5. The van der Waals surface area contributed by atoms with Crippen LogP contribution in [0.5, 0.6) is 0 Å². The standard InChI is InChI=1S/C25H24N6O5S3/c26-25-28-17(13-39-25)18(30-36-16-5-1-2-6-16)21(32)29-19-22(33)31-20(24(34)35)15(12-38-23(19)31)11-37-9-7-14-4-3-8-27-10-14/h1,3-5,7-10,13,16,19,23H,2,6,11-12H2,(H2,26,28)(H,29,32)(H,34,35)/t16?,19?,23-/m0/s1. The average Bonchev–Trinajstić information content (AvgIpc) is 3.62. The van der Waals surface area contributed by atoms with Gasteiger partial charge in [0.25, 0.3) is 11.8 Å². The van der Waals surface area contributed by atoms with E-state index in [1.807, 2.05) is 35.8 Å². The SMILES string of the molecule is Nc1nc(C(=NOC2C=CCC2)C(=O)NC2C(=O)N3C(C(=O)O)=C(CSC=Cc4cccnc4)CS[C@@H]23)cs1. The first-order valence-electron chi connectivity index (χ1n) is 11.9. The Balaban J connectivity index is 1.27. The van der Waals surface area contributed by atoms with Crippen molar-refractivity contribution in [2.45, 2.75) is 30.4 Å². The van der Waals surface area contributed by atoms with Gasteiger partial charge in [0.15, 0.2) is 10.8 Å². The minimum Gasteiger partial charge on any atom is -0.477 e. The highest BCUT2D eigenvalue weighted by molar-refractivity contribution is 8.02. The minimum atomic E-state index is -1.18. The highest BCUT2D eigenvalue weighted by Gasteiger charge is 2.54. The van der Waals surface area contributed by atoms with Crippen LogP contribution in [0, 0.1) is 0 Å². The number of thiazole rings is 1. The number of nitrogens with one attached hydrogen (secondary N) is 1. The van der Waals surface area contributed by atoms with E-state index >= 15 is 0 Å². The number of nitrogens with two attached hydrogens (primary N) is 1. The molecule has 2 amide bonds. The summed E-state index contributed by atoms with van der Waals surface area (Å²) in [5, 5.41) is 19.8. The van der Waals surface area contributed by atoms with Crippen molar-refractivity contribution in [2.24, 2.45) is 5.16 Å². The van der Waals surface area contributed by atoms with Crippen LogP contribution in [0.25, 0.3) is 6.08 Å². The van der Waals surface area contributed by atoms with E-state index in [1.54, 1.807) is 17.8 Å². The molecule has 5 rings (SSSR count). The number of hydrogen-bond acceptors (Lipinski definition) is 11. The quantitative estimate of drug-likeness (QED) is 0.164. The Bertz CT molecular complexity index is 1390. The molecule has 2 unspecified atom stereocenters. The number of β-lactam (4-membered cyclic amide) rings is 1. The van der Waals surface area contributed by atoms with E-state index in [2.05, 4.69) is 20.4 Å². The van der Waals surface area contributed by atoms with Gasteiger partial charge < -0.3 is 21.0 Å². The maximum absolute atomic E-state index is 13.2. The molecule has 0 aromatic carbocycles. The third kappa shape index (κ3) is 6.02. The number of carbonyl (C=O) groups is 3. The zero-order valence-electron chi connectivity index (χ0n) is 20.4. The highest BCUT2D eigenvalue weighted by atomic mass is 32.2. The smallest absolute Gasteiger partial charge is 0.352 e. The number of aromatic nitrogens is 2. The molecule has 4 heterocycles. The predicted octanol–water partition coefficient (Wildman–Crippen LogP) is 2.70. The summed E-state index contributed by atoms with van der Waals surface area (Å²) in [4.78, 5) is 53.4. The lowest BCUT2D eigenvalue weighted by Crippen LogP contribution is -2.71. The van der Waals surface area contributed by atoms with Crippen molar-refractivity contribution in [3.8, 4) is 0 Å². The predicted molar refractivity (Wildman–Crippen MR) is 152 cm³/mol. The molecule has 1 fully saturated rings. The Morgan fingerprint density at radius 2 is 2.28 bits per heavy atom. The maximum Gasteiger partial charge on any atom is 0.352 e. The first-order valence-corrected chi connectivity index (χ1v) is 14.9. The molecule has 1 saturated heterocycles. The number of carbonyl (C=O) groups excluding carboxylic acids is 2. The Labute approximate surface area is 236 Å². The molecule has 0 spiro atoms. The number of allylic oxidation sites excluding steroid dienone is 1. The second-order valence-corrected chi connectivity index (χ2v) is 11.6. The third-order valence-electron chi connectivity index (χ3n) is 6.06. The largest absolute Gasteiger partial charge is 0.477 e. The number of nitrogen functional groups attached to an aromatic ring is 1. The summed E-state index contributed by atoms with van der Waals surface area (Å²) in [6, 6.07) is 2.83. The molecule has 3 aliphatic rings. The van der Waals surface area contributed by atoms with Crippen LogP contribution in [-0.2, 0) is 19.2 Å². The topological polar surface area (TPSA) is 160 Å². The Morgan fingerprint density at radius 1 is 1.41 bits per heavy atom. The number of pyridine rings is 1. The molecular weight excluding hydrogens is 561 g/mol. The van der Waals surface area contributed by atoms with E-state index in [-0.39, 0.29) is 28.3 Å². The van der Waals surface area contributed by atoms with Gasteiger partial charge in [-0.05, 0) is 47.6 Å². The van der Waals surface area contributed by atoms with E-state index in [0.29, 0.717) is 17.1 Å². The van der Waals surface area contributed by atoms with Crippen LogP contribution in [0.1, 0.15) is 24.1 Å². The molecule has 0 bridgehead atoms. The first kappa shape index (κ1) is 27.0. The van der Waals surface area contributed by atoms with Crippen LogP contribution in [0.15, 0.2) is 63.9 Å². The highest BCUT2D eigenvalue weighted by Crippen LogP contribution is 2.41. The lowest BCUT2D eigenvalue weighted by Gasteiger charge is -2.49. The number of thioether (sulfide) groups is 2. The molecule has 202 valence electrons. The van der Waals surface area contributed by atoms with Crippen molar-refractivity contribution in [3.63, 3.8) is 0 Å². The van der Waals surface area contributed by atoms with Gasteiger partial charge in [-0.25, -0.2) is 9.78 Å². The third-order valence-corrected chi connectivity index (χ3v) is 8.92. The van der Waals surface area contributed by atoms with Crippen LogP contribution in [-0.4, -0.2) is 72.5 Å². The van der Waals surface area contributed by atoms with Crippen molar-refractivity contribution >= 4 is 69.6 Å². The molecule has 11 nitrogen and oxygen atoms in total. The van der Waals surface area contributed by atoms with Gasteiger partial charge in [0.1, 0.15) is 28.9 Å². The van der Waals surface area contributed by atoms with Crippen LogP contribution in [0.4, 0.5) is 5.13 Å². The van der Waals surface area contributed by atoms with Gasteiger partial charge in [0.2, 0.25) is 0 Å². The van der Waals surface area contributed by atoms with Gasteiger partial charge in [-0.1, -0.05) is 17.3 Å². The number of carboxylic acids is 1. The molecule has 0 radical (unpaired) electrons. The lowest BCUT2D eigenvalue weighted by molar-refractivity contribution is -0.150. The van der Waals surface area contributed by atoms with Crippen molar-refractivity contribution in [1.82, 2.24) is 20.2 Å². The van der Waals surface area contributed by atoms with Gasteiger partial charge in [-0.3, -0.25) is 19.5 Å². The average molecular weight is 585 g/mol. The second-order valence-electron chi connectivity index (χ2n) is 8.68. The Kier molecular flexibility index (Phi) is 8.33. The molecule has 0 saturated carbocycles. The summed E-state index contributed by atoms with van der Waals surface area (Å²) in [5.74, 6) is -1.50. The van der Waals surface area contributed by atoms with Crippen molar-refractivity contribution in [2.75, 3.05) is 17.2 Å². The van der Waals surface area contributed by atoms with E-state index in [4.69, 9.17) is 10.6 Å². The van der Waals surface area contributed by atoms with Gasteiger partial charge in [0, 0.05) is 29.3 Å². The number of amides is 2. The van der Waals surface area contributed by atoms with Gasteiger partial charge in [-0.2, -0.15) is 0 Å².